The lowest BCUT2D eigenvalue weighted by molar-refractivity contribution is -0.115. The van der Waals surface area contributed by atoms with Crippen LogP contribution in [0.1, 0.15) is 51.1 Å². The van der Waals surface area contributed by atoms with Crippen LogP contribution in [0.25, 0.3) is 10.9 Å². The van der Waals surface area contributed by atoms with Gasteiger partial charge < -0.3 is 10.1 Å². The first-order valence-corrected chi connectivity index (χ1v) is 11.8. The van der Waals surface area contributed by atoms with Gasteiger partial charge in [0.2, 0.25) is 5.91 Å². The molecule has 1 fully saturated rings. The lowest BCUT2D eigenvalue weighted by Crippen LogP contribution is -2.15. The number of hydrogen-bond donors (Lipinski definition) is 1. The molecule has 1 aliphatic carbocycles. The Bertz CT molecular complexity index is 1340. The number of rotatable bonds is 7. The number of nitrogens with one attached hydrogen (secondary N) is 1. The third kappa shape index (κ3) is 4.93. The van der Waals surface area contributed by atoms with E-state index < -0.39 is 0 Å². The topological polar surface area (TPSA) is 81.2 Å². The Kier molecular flexibility index (Phi) is 5.88. The second kappa shape index (κ2) is 9.11. The zero-order valence-electron chi connectivity index (χ0n) is 18.2. The van der Waals surface area contributed by atoms with Gasteiger partial charge in [0, 0.05) is 28.1 Å². The molecular weight excluding hydrogens is 434 g/mol. The lowest BCUT2D eigenvalue weighted by atomic mass is 10.1. The lowest BCUT2D eigenvalue weighted by Gasteiger charge is -2.09. The maximum Gasteiger partial charge on any atom is 0.339 e. The molecule has 0 spiro atoms. The standard InChI is InChI=1S/C26H23N3O3S/c1-16-6-2-4-8-21(16)29-24(30)13-25-27-18(15-33-25)14-32-26(31)20-12-23(17-10-11-17)28-22-9-5-3-7-19(20)22/h2-9,12,15,17H,10-11,13-14H2,1H3,(H,29,30). The second-order valence-corrected chi connectivity index (χ2v) is 9.18. The highest BCUT2D eigenvalue weighted by molar-refractivity contribution is 7.09. The summed E-state index contributed by atoms with van der Waals surface area (Å²) in [5.74, 6) is -0.0755. The summed E-state index contributed by atoms with van der Waals surface area (Å²) in [6.07, 6.45) is 2.39. The first-order valence-electron chi connectivity index (χ1n) is 10.9. The summed E-state index contributed by atoms with van der Waals surface area (Å²) in [7, 11) is 0. The van der Waals surface area contributed by atoms with Crippen LogP contribution in [0.4, 0.5) is 5.69 Å². The Morgan fingerprint density at radius 3 is 2.70 bits per heavy atom. The molecule has 5 rings (SSSR count). The summed E-state index contributed by atoms with van der Waals surface area (Å²) in [6.45, 7) is 2.01. The number of ether oxygens (including phenoxy) is 1. The van der Waals surface area contributed by atoms with Crippen molar-refractivity contribution in [1.82, 2.24) is 9.97 Å². The summed E-state index contributed by atoms with van der Waals surface area (Å²) in [6, 6.07) is 17.1. The molecule has 1 amide bonds. The average Bonchev–Trinajstić information content (AvgIpc) is 3.58. The van der Waals surface area contributed by atoms with E-state index in [4.69, 9.17) is 9.72 Å². The van der Waals surface area contributed by atoms with Crippen molar-refractivity contribution in [3.05, 3.63) is 87.5 Å². The minimum absolute atomic E-state index is 0.0597. The predicted octanol–water partition coefficient (Wildman–Crippen LogP) is 5.42. The molecule has 2 aromatic heterocycles. The molecule has 1 saturated carbocycles. The number of hydrogen-bond acceptors (Lipinski definition) is 6. The highest BCUT2D eigenvalue weighted by atomic mass is 32.1. The number of aryl methyl sites for hydroxylation is 1. The Balaban J connectivity index is 1.23. The van der Waals surface area contributed by atoms with Gasteiger partial charge in [-0.15, -0.1) is 11.3 Å². The van der Waals surface area contributed by atoms with E-state index in [0.717, 1.165) is 40.7 Å². The minimum atomic E-state index is -0.387. The van der Waals surface area contributed by atoms with Crippen LogP contribution < -0.4 is 5.32 Å². The van der Waals surface area contributed by atoms with Crippen LogP contribution in [0, 0.1) is 6.92 Å². The zero-order valence-corrected chi connectivity index (χ0v) is 19.0. The molecular formula is C26H23N3O3S. The summed E-state index contributed by atoms with van der Waals surface area (Å²) >= 11 is 1.38. The molecule has 0 unspecified atom stereocenters. The molecule has 0 saturated heterocycles. The van der Waals surface area contributed by atoms with Gasteiger partial charge in [0.1, 0.15) is 11.6 Å². The van der Waals surface area contributed by atoms with Crippen molar-refractivity contribution < 1.29 is 14.3 Å². The zero-order chi connectivity index (χ0) is 22.8. The van der Waals surface area contributed by atoms with E-state index in [1.807, 2.05) is 66.9 Å². The average molecular weight is 458 g/mol. The third-order valence-electron chi connectivity index (χ3n) is 5.63. The van der Waals surface area contributed by atoms with E-state index in [9.17, 15) is 9.59 Å². The van der Waals surface area contributed by atoms with Crippen molar-refractivity contribution in [3.63, 3.8) is 0 Å². The number of benzene rings is 2. The van der Waals surface area contributed by atoms with Crippen LogP contribution in [-0.4, -0.2) is 21.8 Å². The number of thiazole rings is 1. The van der Waals surface area contributed by atoms with E-state index in [0.29, 0.717) is 22.2 Å². The van der Waals surface area contributed by atoms with Crippen molar-refractivity contribution >= 4 is 39.8 Å². The molecule has 0 bridgehead atoms. The van der Waals surface area contributed by atoms with Gasteiger partial charge in [-0.05, 0) is 43.5 Å². The second-order valence-electron chi connectivity index (χ2n) is 8.23. The number of aromatic nitrogens is 2. The summed E-state index contributed by atoms with van der Waals surface area (Å²) in [5.41, 5.74) is 4.73. The van der Waals surface area contributed by atoms with Gasteiger partial charge in [-0.2, -0.15) is 0 Å². The first kappa shape index (κ1) is 21.3. The normalized spacial score (nSPS) is 13.1. The van der Waals surface area contributed by atoms with Gasteiger partial charge in [0.15, 0.2) is 0 Å². The van der Waals surface area contributed by atoms with Gasteiger partial charge in [-0.1, -0.05) is 36.4 Å². The Morgan fingerprint density at radius 1 is 1.09 bits per heavy atom. The van der Waals surface area contributed by atoms with Gasteiger partial charge in [0.25, 0.3) is 0 Å². The highest BCUT2D eigenvalue weighted by Crippen LogP contribution is 2.40. The van der Waals surface area contributed by atoms with Crippen molar-refractivity contribution in [2.75, 3.05) is 5.32 Å². The molecule has 0 aliphatic heterocycles. The van der Waals surface area contributed by atoms with Gasteiger partial charge in [-0.25, -0.2) is 9.78 Å². The highest BCUT2D eigenvalue weighted by Gasteiger charge is 2.27. The number of carbonyl (C=O) groups excluding carboxylic acids is 2. The van der Waals surface area contributed by atoms with Crippen LogP contribution >= 0.6 is 11.3 Å². The number of para-hydroxylation sites is 2. The molecule has 6 nitrogen and oxygen atoms in total. The van der Waals surface area contributed by atoms with Gasteiger partial charge in [-0.3, -0.25) is 9.78 Å². The van der Waals surface area contributed by atoms with E-state index in [-0.39, 0.29) is 24.9 Å². The number of fused-ring (bicyclic) bond motifs is 1. The third-order valence-corrected chi connectivity index (χ3v) is 6.53. The van der Waals surface area contributed by atoms with Crippen LogP contribution in [-0.2, 0) is 22.6 Å². The minimum Gasteiger partial charge on any atom is -0.456 e. The molecule has 0 atom stereocenters. The van der Waals surface area contributed by atoms with E-state index in [2.05, 4.69) is 10.3 Å². The van der Waals surface area contributed by atoms with E-state index >= 15 is 0 Å². The number of anilines is 1. The maximum absolute atomic E-state index is 12.9. The molecule has 2 heterocycles. The summed E-state index contributed by atoms with van der Waals surface area (Å²) in [5, 5.41) is 6.20. The molecule has 33 heavy (non-hydrogen) atoms. The number of amides is 1. The number of pyridine rings is 1. The smallest absolute Gasteiger partial charge is 0.339 e. The van der Waals surface area contributed by atoms with Crippen LogP contribution in [0.15, 0.2) is 60.0 Å². The van der Waals surface area contributed by atoms with E-state index in [1.54, 1.807) is 0 Å². The molecule has 4 aromatic rings. The molecule has 2 aromatic carbocycles. The number of nitrogens with zero attached hydrogens (tertiary/aromatic N) is 2. The quantitative estimate of drug-likeness (QED) is 0.375. The van der Waals surface area contributed by atoms with E-state index in [1.165, 1.54) is 11.3 Å². The molecule has 166 valence electrons. The SMILES string of the molecule is Cc1ccccc1NC(=O)Cc1nc(COC(=O)c2cc(C3CC3)nc3ccccc23)cs1. The van der Waals surface area contributed by atoms with Gasteiger partial charge in [0.05, 0.1) is 23.2 Å². The number of esters is 1. The van der Waals surface area contributed by atoms with Crippen molar-refractivity contribution in [1.29, 1.82) is 0 Å². The fourth-order valence-electron chi connectivity index (χ4n) is 3.71. The van der Waals surface area contributed by atoms with Crippen LogP contribution in [0.3, 0.4) is 0 Å². The fraction of sp³-hybridized carbons (Fsp3) is 0.231. The molecule has 1 N–H and O–H groups in total. The first-order chi connectivity index (χ1) is 16.1. The van der Waals surface area contributed by atoms with Crippen LogP contribution in [0.5, 0.6) is 0 Å². The Morgan fingerprint density at radius 2 is 1.88 bits per heavy atom. The fourth-order valence-corrected chi connectivity index (χ4v) is 4.49. The Hall–Kier alpha value is -3.58. The maximum atomic E-state index is 12.9. The largest absolute Gasteiger partial charge is 0.456 e. The summed E-state index contributed by atoms with van der Waals surface area (Å²) in [4.78, 5) is 34.5. The molecule has 1 aliphatic rings. The van der Waals surface area contributed by atoms with Crippen molar-refractivity contribution in [2.45, 2.75) is 38.7 Å². The predicted molar refractivity (Wildman–Crippen MR) is 128 cm³/mol. The van der Waals surface area contributed by atoms with Crippen molar-refractivity contribution in [2.24, 2.45) is 0 Å². The van der Waals surface area contributed by atoms with Gasteiger partial charge >= 0.3 is 5.97 Å². The molecule has 0 radical (unpaired) electrons. The Labute approximate surface area is 195 Å². The summed E-state index contributed by atoms with van der Waals surface area (Å²) < 4.78 is 5.58. The van der Waals surface area contributed by atoms with Crippen molar-refractivity contribution in [3.8, 4) is 0 Å². The number of carbonyl (C=O) groups is 2. The molecule has 7 heteroatoms. The van der Waals surface area contributed by atoms with Crippen LogP contribution in [0.2, 0.25) is 0 Å². The monoisotopic (exact) mass is 457 g/mol.